The van der Waals surface area contributed by atoms with Gasteiger partial charge in [0.1, 0.15) is 0 Å². The second kappa shape index (κ2) is 5.65. The lowest BCUT2D eigenvalue weighted by Crippen LogP contribution is -2.40. The molecule has 2 rings (SSSR count). The zero-order valence-corrected chi connectivity index (χ0v) is 10.5. The molecule has 96 valence electrons. The van der Waals surface area contributed by atoms with Gasteiger partial charge in [0.2, 0.25) is 0 Å². The summed E-state index contributed by atoms with van der Waals surface area (Å²) in [5, 5.41) is 11.8. The summed E-state index contributed by atoms with van der Waals surface area (Å²) in [5.41, 5.74) is -0.100. The van der Waals surface area contributed by atoms with E-state index in [-0.39, 0.29) is 11.6 Å². The summed E-state index contributed by atoms with van der Waals surface area (Å²) in [6, 6.07) is 2.42. The van der Waals surface area contributed by atoms with Crippen LogP contribution >= 0.6 is 0 Å². The summed E-state index contributed by atoms with van der Waals surface area (Å²) in [6.45, 7) is 2.26. The zero-order chi connectivity index (χ0) is 13.0. The molecule has 1 fully saturated rings. The molecule has 0 amide bonds. The fourth-order valence-corrected chi connectivity index (χ4v) is 2.13. The van der Waals surface area contributed by atoms with Gasteiger partial charge in [0, 0.05) is 38.6 Å². The van der Waals surface area contributed by atoms with E-state index in [0.717, 1.165) is 25.9 Å². The molecule has 1 aliphatic rings. The van der Waals surface area contributed by atoms with Crippen molar-refractivity contribution >= 4 is 5.82 Å². The Morgan fingerprint density at radius 2 is 2.28 bits per heavy atom. The summed E-state index contributed by atoms with van der Waals surface area (Å²) in [6.07, 6.45) is 5.13. The van der Waals surface area contributed by atoms with Crippen molar-refractivity contribution < 1.29 is 0 Å². The number of nitrogens with one attached hydrogen (secondary N) is 1. The predicted octanol–water partition coefficient (Wildman–Crippen LogP) is 0.180. The van der Waals surface area contributed by atoms with Crippen LogP contribution in [-0.4, -0.2) is 40.1 Å². The van der Waals surface area contributed by atoms with Gasteiger partial charge in [-0.1, -0.05) is 0 Å². The van der Waals surface area contributed by atoms with Crippen LogP contribution in [0.1, 0.15) is 12.8 Å². The highest BCUT2D eigenvalue weighted by molar-refractivity contribution is 5.32. The Labute approximate surface area is 106 Å². The van der Waals surface area contributed by atoms with Gasteiger partial charge in [0.25, 0.3) is 5.56 Å². The first-order valence-electron chi connectivity index (χ1n) is 6.08. The highest BCUT2D eigenvalue weighted by Crippen LogP contribution is 2.12. The standard InChI is InChI=1S/C12H17N5O/c1-16-9-5-14-11(12(16)18)15-10-2-6-17(7-3-10)8-4-13/h5,9-10H,2-3,6-8H2,1H3,(H,14,15). The zero-order valence-electron chi connectivity index (χ0n) is 10.5. The first kappa shape index (κ1) is 12.6. The van der Waals surface area contributed by atoms with Gasteiger partial charge in [-0.25, -0.2) is 4.98 Å². The molecule has 0 unspecified atom stereocenters. The summed E-state index contributed by atoms with van der Waals surface area (Å²) in [7, 11) is 1.71. The minimum atomic E-state index is -0.100. The monoisotopic (exact) mass is 247 g/mol. The van der Waals surface area contributed by atoms with Gasteiger partial charge in [-0.15, -0.1) is 0 Å². The molecule has 0 radical (unpaired) electrons. The number of nitriles is 1. The first-order chi connectivity index (χ1) is 8.70. The van der Waals surface area contributed by atoms with Gasteiger partial charge < -0.3 is 9.88 Å². The number of likely N-dealkylation sites (tertiary alicyclic amines) is 1. The molecule has 0 aliphatic carbocycles. The predicted molar refractivity (Wildman–Crippen MR) is 68.2 cm³/mol. The number of aryl methyl sites for hydroxylation is 1. The molecule has 6 nitrogen and oxygen atoms in total. The normalized spacial score (nSPS) is 17.3. The Bertz CT molecular complexity index is 496. The summed E-state index contributed by atoms with van der Waals surface area (Å²) in [5.74, 6) is 0.415. The third-order valence-electron chi connectivity index (χ3n) is 3.24. The van der Waals surface area contributed by atoms with Crippen molar-refractivity contribution in [2.24, 2.45) is 7.05 Å². The average Bonchev–Trinajstić information content (AvgIpc) is 2.38. The Morgan fingerprint density at radius 1 is 1.56 bits per heavy atom. The van der Waals surface area contributed by atoms with Crippen molar-refractivity contribution in [3.63, 3.8) is 0 Å². The van der Waals surface area contributed by atoms with Crippen molar-refractivity contribution in [1.29, 1.82) is 5.26 Å². The van der Waals surface area contributed by atoms with E-state index in [4.69, 9.17) is 5.26 Å². The number of piperidine rings is 1. The SMILES string of the molecule is Cn1ccnc(NC2CCN(CC#N)CC2)c1=O. The topological polar surface area (TPSA) is 74.0 Å². The van der Waals surface area contributed by atoms with Crippen LogP contribution in [0.3, 0.4) is 0 Å². The van der Waals surface area contributed by atoms with Crippen LogP contribution in [0, 0.1) is 11.3 Å². The van der Waals surface area contributed by atoms with Gasteiger partial charge >= 0.3 is 0 Å². The lowest BCUT2D eigenvalue weighted by Gasteiger charge is -2.30. The molecule has 2 heterocycles. The van der Waals surface area contributed by atoms with E-state index in [2.05, 4.69) is 21.3 Å². The summed E-state index contributed by atoms with van der Waals surface area (Å²) < 4.78 is 1.51. The first-order valence-corrected chi connectivity index (χ1v) is 6.08. The summed E-state index contributed by atoms with van der Waals surface area (Å²) >= 11 is 0. The maximum atomic E-state index is 11.8. The molecule has 1 N–H and O–H groups in total. The molecule has 1 aromatic rings. The maximum absolute atomic E-state index is 11.8. The number of nitrogens with zero attached hydrogens (tertiary/aromatic N) is 4. The van der Waals surface area contributed by atoms with Gasteiger partial charge in [-0.05, 0) is 12.8 Å². The summed E-state index contributed by atoms with van der Waals surface area (Å²) in [4.78, 5) is 18.0. The maximum Gasteiger partial charge on any atom is 0.293 e. The van der Waals surface area contributed by atoms with E-state index in [1.807, 2.05) is 0 Å². The minimum Gasteiger partial charge on any atom is -0.363 e. The molecular formula is C12H17N5O. The average molecular weight is 247 g/mol. The third-order valence-corrected chi connectivity index (χ3v) is 3.24. The van der Waals surface area contributed by atoms with E-state index in [1.165, 1.54) is 4.57 Å². The highest BCUT2D eigenvalue weighted by atomic mass is 16.1. The number of rotatable bonds is 3. The Hall–Kier alpha value is -1.87. The number of aromatic nitrogens is 2. The van der Waals surface area contributed by atoms with Crippen molar-refractivity contribution in [1.82, 2.24) is 14.5 Å². The third kappa shape index (κ3) is 2.87. The van der Waals surface area contributed by atoms with Gasteiger partial charge in [-0.3, -0.25) is 9.69 Å². The molecule has 18 heavy (non-hydrogen) atoms. The molecule has 0 spiro atoms. The van der Waals surface area contributed by atoms with Crippen LogP contribution in [0.25, 0.3) is 0 Å². The van der Waals surface area contributed by atoms with Crippen LogP contribution < -0.4 is 10.9 Å². The second-order valence-electron chi connectivity index (χ2n) is 4.54. The molecule has 6 heteroatoms. The lowest BCUT2D eigenvalue weighted by atomic mass is 10.1. The Kier molecular flexibility index (Phi) is 3.95. The highest BCUT2D eigenvalue weighted by Gasteiger charge is 2.19. The molecule has 1 aliphatic heterocycles. The smallest absolute Gasteiger partial charge is 0.293 e. The Balaban J connectivity index is 1.94. The van der Waals surface area contributed by atoms with E-state index in [0.29, 0.717) is 12.4 Å². The van der Waals surface area contributed by atoms with E-state index < -0.39 is 0 Å². The minimum absolute atomic E-state index is 0.100. The number of hydrogen-bond donors (Lipinski definition) is 1. The largest absolute Gasteiger partial charge is 0.363 e. The van der Waals surface area contributed by atoms with Gasteiger partial charge in [-0.2, -0.15) is 5.26 Å². The molecule has 1 aromatic heterocycles. The molecule has 0 bridgehead atoms. The van der Waals surface area contributed by atoms with E-state index >= 15 is 0 Å². The quantitative estimate of drug-likeness (QED) is 0.771. The van der Waals surface area contributed by atoms with Crippen LogP contribution in [-0.2, 0) is 7.05 Å². The van der Waals surface area contributed by atoms with Crippen molar-refractivity contribution in [2.45, 2.75) is 18.9 Å². The molecule has 0 saturated carbocycles. The van der Waals surface area contributed by atoms with Crippen molar-refractivity contribution in [2.75, 3.05) is 25.0 Å². The lowest BCUT2D eigenvalue weighted by molar-refractivity contribution is 0.242. The molecule has 0 aromatic carbocycles. The van der Waals surface area contributed by atoms with Crippen LogP contribution in [0.4, 0.5) is 5.82 Å². The van der Waals surface area contributed by atoms with Gasteiger partial charge in [0.15, 0.2) is 5.82 Å². The van der Waals surface area contributed by atoms with Crippen LogP contribution in [0.15, 0.2) is 17.2 Å². The van der Waals surface area contributed by atoms with E-state index in [9.17, 15) is 4.79 Å². The molecule has 0 atom stereocenters. The fourth-order valence-electron chi connectivity index (χ4n) is 2.13. The number of anilines is 1. The second-order valence-corrected chi connectivity index (χ2v) is 4.54. The Morgan fingerprint density at radius 3 is 2.94 bits per heavy atom. The van der Waals surface area contributed by atoms with Crippen LogP contribution in [0.2, 0.25) is 0 Å². The van der Waals surface area contributed by atoms with Crippen molar-refractivity contribution in [3.05, 3.63) is 22.7 Å². The van der Waals surface area contributed by atoms with Crippen LogP contribution in [0.5, 0.6) is 0 Å². The van der Waals surface area contributed by atoms with E-state index in [1.54, 1.807) is 19.4 Å². The van der Waals surface area contributed by atoms with Crippen molar-refractivity contribution in [3.8, 4) is 6.07 Å². The molecular weight excluding hydrogens is 230 g/mol. The molecule has 1 saturated heterocycles. The fraction of sp³-hybridized carbons (Fsp3) is 0.583. The number of hydrogen-bond acceptors (Lipinski definition) is 5. The van der Waals surface area contributed by atoms with Gasteiger partial charge in [0.05, 0.1) is 12.6 Å².